The van der Waals surface area contributed by atoms with Crippen LogP contribution in [0.1, 0.15) is 12.1 Å². The van der Waals surface area contributed by atoms with Crippen LogP contribution in [-0.4, -0.2) is 68.5 Å². The van der Waals surface area contributed by atoms with Crippen molar-refractivity contribution in [1.82, 2.24) is 9.88 Å². The Morgan fingerprint density at radius 2 is 2.22 bits per heavy atom. The van der Waals surface area contributed by atoms with Crippen LogP contribution in [0.4, 0.5) is 5.82 Å². The van der Waals surface area contributed by atoms with E-state index in [2.05, 4.69) is 27.9 Å². The third-order valence-electron chi connectivity index (χ3n) is 4.30. The van der Waals surface area contributed by atoms with Crippen LogP contribution in [0, 0.1) is 23.2 Å². The van der Waals surface area contributed by atoms with Crippen molar-refractivity contribution < 1.29 is 9.84 Å². The first kappa shape index (κ1) is 17.7. The second kappa shape index (κ2) is 8.82. The highest BCUT2D eigenvalue weighted by molar-refractivity contribution is 5.42. The predicted molar refractivity (Wildman–Crippen MR) is 89.2 cm³/mol. The average molecular weight is 318 g/mol. The number of aliphatic hydroxyl groups is 1. The minimum absolute atomic E-state index is 0.187. The molecule has 1 aliphatic heterocycles. The van der Waals surface area contributed by atoms with E-state index < -0.39 is 0 Å². The molecule has 1 saturated heterocycles. The molecule has 6 nitrogen and oxygen atoms in total. The molecule has 6 heteroatoms. The highest BCUT2D eigenvalue weighted by Gasteiger charge is 2.28. The molecule has 23 heavy (non-hydrogen) atoms. The molecule has 0 radical (unpaired) electrons. The summed E-state index contributed by atoms with van der Waals surface area (Å²) in [4.78, 5) is 8.86. The average Bonchev–Trinajstić information content (AvgIpc) is 2.59. The van der Waals surface area contributed by atoms with Crippen LogP contribution in [0.2, 0.25) is 0 Å². The summed E-state index contributed by atoms with van der Waals surface area (Å²) >= 11 is 0. The summed E-state index contributed by atoms with van der Waals surface area (Å²) in [5.41, 5.74) is 0.433. The van der Waals surface area contributed by atoms with Crippen LogP contribution < -0.4 is 4.90 Å². The van der Waals surface area contributed by atoms with Gasteiger partial charge in [0.2, 0.25) is 0 Å². The number of nitriles is 1. The molecule has 0 unspecified atom stereocenters. The SMILES string of the molecule is COCCN(C)C[C@H]1C[C@H](CO)CN(c2cccc(C#N)n2)C1. The number of aliphatic hydroxyl groups excluding tert-OH is 1. The molecule has 1 N–H and O–H groups in total. The number of piperidine rings is 1. The maximum Gasteiger partial charge on any atom is 0.142 e. The number of likely N-dealkylation sites (N-methyl/N-ethyl adjacent to an activating group) is 1. The summed E-state index contributed by atoms with van der Waals surface area (Å²) < 4.78 is 5.13. The van der Waals surface area contributed by atoms with E-state index in [0.717, 1.165) is 45.0 Å². The third kappa shape index (κ3) is 5.17. The molecule has 2 atom stereocenters. The van der Waals surface area contributed by atoms with E-state index >= 15 is 0 Å². The second-order valence-corrected chi connectivity index (χ2v) is 6.30. The molecular formula is C17H26N4O2. The van der Waals surface area contributed by atoms with Crippen LogP contribution in [0.3, 0.4) is 0 Å². The van der Waals surface area contributed by atoms with Crippen molar-refractivity contribution >= 4 is 5.82 Å². The van der Waals surface area contributed by atoms with Crippen molar-refractivity contribution in [3.8, 4) is 6.07 Å². The molecule has 1 fully saturated rings. The van der Waals surface area contributed by atoms with Crippen molar-refractivity contribution in [1.29, 1.82) is 5.26 Å². The van der Waals surface area contributed by atoms with E-state index in [4.69, 9.17) is 10.00 Å². The Kier molecular flexibility index (Phi) is 6.78. The van der Waals surface area contributed by atoms with Crippen molar-refractivity contribution in [2.45, 2.75) is 6.42 Å². The van der Waals surface area contributed by atoms with Gasteiger partial charge in [-0.2, -0.15) is 5.26 Å². The number of hydrogen-bond donors (Lipinski definition) is 1. The number of pyridine rings is 1. The van der Waals surface area contributed by atoms with Crippen molar-refractivity contribution in [2.24, 2.45) is 11.8 Å². The maximum atomic E-state index is 9.62. The first-order chi connectivity index (χ1) is 11.2. The largest absolute Gasteiger partial charge is 0.396 e. The summed E-state index contributed by atoms with van der Waals surface area (Å²) in [5.74, 6) is 1.54. The fourth-order valence-electron chi connectivity index (χ4n) is 3.21. The van der Waals surface area contributed by atoms with Gasteiger partial charge in [-0.05, 0) is 37.4 Å². The molecule has 1 aromatic heterocycles. The Labute approximate surface area is 138 Å². The van der Waals surface area contributed by atoms with E-state index in [-0.39, 0.29) is 12.5 Å². The lowest BCUT2D eigenvalue weighted by Crippen LogP contribution is -2.45. The molecule has 0 saturated carbocycles. The molecule has 1 aliphatic rings. The Morgan fingerprint density at radius 3 is 2.91 bits per heavy atom. The highest BCUT2D eigenvalue weighted by Crippen LogP contribution is 2.26. The smallest absolute Gasteiger partial charge is 0.142 e. The zero-order valence-electron chi connectivity index (χ0n) is 14.0. The van der Waals surface area contributed by atoms with E-state index in [9.17, 15) is 5.11 Å². The fraction of sp³-hybridized carbons (Fsp3) is 0.647. The standard InChI is InChI=1S/C17H26N4O2/c1-20(6-7-23-2)10-14-8-15(13-22)12-21(11-14)17-5-3-4-16(9-18)19-17/h3-5,14-15,22H,6-8,10-13H2,1-2H3/t14-,15+/m1/s1. The number of methoxy groups -OCH3 is 1. The molecule has 0 amide bonds. The lowest BCUT2D eigenvalue weighted by molar-refractivity contribution is 0.133. The fourth-order valence-corrected chi connectivity index (χ4v) is 3.21. The molecule has 2 heterocycles. The Hall–Kier alpha value is -1.68. The van der Waals surface area contributed by atoms with Crippen LogP contribution >= 0.6 is 0 Å². The molecule has 1 aromatic rings. The van der Waals surface area contributed by atoms with Gasteiger partial charge >= 0.3 is 0 Å². The minimum Gasteiger partial charge on any atom is -0.396 e. The summed E-state index contributed by atoms with van der Waals surface area (Å²) in [5, 5.41) is 18.6. The predicted octanol–water partition coefficient (Wildman–Crippen LogP) is 0.966. The maximum absolute atomic E-state index is 9.62. The number of rotatable bonds is 7. The number of ether oxygens (including phenoxy) is 1. The first-order valence-electron chi connectivity index (χ1n) is 8.06. The van der Waals surface area contributed by atoms with Gasteiger partial charge < -0.3 is 19.6 Å². The Balaban J connectivity index is 2.04. The number of anilines is 1. The summed E-state index contributed by atoms with van der Waals surface area (Å²) in [6.45, 7) is 4.47. The minimum atomic E-state index is 0.187. The van der Waals surface area contributed by atoms with Gasteiger partial charge in [0.25, 0.3) is 0 Å². The molecule has 0 spiro atoms. The number of hydrogen-bond acceptors (Lipinski definition) is 6. The molecular weight excluding hydrogens is 292 g/mol. The lowest BCUT2D eigenvalue weighted by Gasteiger charge is -2.39. The van der Waals surface area contributed by atoms with Crippen molar-refractivity contribution in [3.05, 3.63) is 23.9 Å². The number of nitrogens with zero attached hydrogens (tertiary/aromatic N) is 4. The van der Waals surface area contributed by atoms with Gasteiger partial charge in [-0.25, -0.2) is 4.98 Å². The van der Waals surface area contributed by atoms with Gasteiger partial charge in [-0.1, -0.05) is 6.07 Å². The molecule has 2 rings (SSSR count). The van der Waals surface area contributed by atoms with E-state index in [1.165, 1.54) is 0 Å². The lowest BCUT2D eigenvalue weighted by atomic mass is 9.89. The quantitative estimate of drug-likeness (QED) is 0.807. The van der Waals surface area contributed by atoms with Crippen molar-refractivity contribution in [3.63, 3.8) is 0 Å². The zero-order chi connectivity index (χ0) is 16.7. The van der Waals surface area contributed by atoms with Crippen LogP contribution in [-0.2, 0) is 4.74 Å². The van der Waals surface area contributed by atoms with Crippen LogP contribution in [0.25, 0.3) is 0 Å². The van der Waals surface area contributed by atoms with Gasteiger partial charge in [0, 0.05) is 39.9 Å². The zero-order valence-corrected chi connectivity index (χ0v) is 14.0. The third-order valence-corrected chi connectivity index (χ3v) is 4.30. The first-order valence-corrected chi connectivity index (χ1v) is 8.06. The van der Waals surface area contributed by atoms with Crippen LogP contribution in [0.5, 0.6) is 0 Å². The Bertz CT molecular complexity index is 532. The molecule has 126 valence electrons. The normalized spacial score (nSPS) is 21.4. The molecule has 0 bridgehead atoms. The molecule has 0 aliphatic carbocycles. The highest BCUT2D eigenvalue weighted by atomic mass is 16.5. The van der Waals surface area contributed by atoms with Gasteiger partial charge in [0.1, 0.15) is 17.6 Å². The van der Waals surface area contributed by atoms with E-state index in [0.29, 0.717) is 11.6 Å². The monoisotopic (exact) mass is 318 g/mol. The van der Waals surface area contributed by atoms with Crippen molar-refractivity contribution in [2.75, 3.05) is 58.5 Å². The van der Waals surface area contributed by atoms with E-state index in [1.54, 1.807) is 13.2 Å². The van der Waals surface area contributed by atoms with Gasteiger partial charge in [-0.3, -0.25) is 0 Å². The second-order valence-electron chi connectivity index (χ2n) is 6.30. The van der Waals surface area contributed by atoms with Gasteiger partial charge in [-0.15, -0.1) is 0 Å². The Morgan fingerprint density at radius 1 is 1.43 bits per heavy atom. The number of aromatic nitrogens is 1. The molecule has 0 aromatic carbocycles. The topological polar surface area (TPSA) is 72.6 Å². The van der Waals surface area contributed by atoms with Gasteiger partial charge in [0.05, 0.1) is 6.61 Å². The van der Waals surface area contributed by atoms with Crippen LogP contribution in [0.15, 0.2) is 18.2 Å². The van der Waals surface area contributed by atoms with Gasteiger partial charge in [0.15, 0.2) is 0 Å². The summed E-state index contributed by atoms with van der Waals surface area (Å²) in [7, 11) is 3.81. The summed E-state index contributed by atoms with van der Waals surface area (Å²) in [6, 6.07) is 7.61. The summed E-state index contributed by atoms with van der Waals surface area (Å²) in [6.07, 6.45) is 1.02. The van der Waals surface area contributed by atoms with E-state index in [1.807, 2.05) is 12.1 Å².